The summed E-state index contributed by atoms with van der Waals surface area (Å²) in [5.41, 5.74) is 14.5. The molecular weight excluding hydrogens is 294 g/mol. The molecule has 0 spiro atoms. The van der Waals surface area contributed by atoms with Crippen LogP contribution in [0.5, 0.6) is 0 Å². The lowest BCUT2D eigenvalue weighted by molar-refractivity contribution is 0.1000. The van der Waals surface area contributed by atoms with Gasteiger partial charge in [-0.15, -0.1) is 0 Å². The number of benzene rings is 1. The third kappa shape index (κ3) is 5.90. The monoisotopic (exact) mass is 321 g/mol. The van der Waals surface area contributed by atoms with E-state index in [-0.39, 0.29) is 6.04 Å². The summed E-state index contributed by atoms with van der Waals surface area (Å²) >= 11 is 0. The van der Waals surface area contributed by atoms with Crippen molar-refractivity contribution >= 4 is 12.0 Å². The van der Waals surface area contributed by atoms with E-state index in [1.807, 2.05) is 20.8 Å². The summed E-state index contributed by atoms with van der Waals surface area (Å²) in [5, 5.41) is 2.79. The number of amides is 2. The second-order valence-corrected chi connectivity index (χ2v) is 5.72. The minimum Gasteiger partial charge on any atom is -0.450 e. The molecule has 0 fully saturated rings. The molecule has 0 aromatic heterocycles. The Balaban J connectivity index is 2.75. The van der Waals surface area contributed by atoms with Gasteiger partial charge in [0.1, 0.15) is 0 Å². The van der Waals surface area contributed by atoms with Crippen LogP contribution in [0.25, 0.3) is 0 Å². The second kappa shape index (κ2) is 9.15. The SMILES string of the molecule is CCCCOC(=O)N[C@H](CN)Cc1c(C)cc(C(N)=O)cc1C. The smallest absolute Gasteiger partial charge is 0.407 e. The lowest BCUT2D eigenvalue weighted by Crippen LogP contribution is -2.42. The van der Waals surface area contributed by atoms with Gasteiger partial charge in [-0.1, -0.05) is 13.3 Å². The molecule has 0 heterocycles. The molecular formula is C17H27N3O3. The maximum atomic E-state index is 11.7. The minimum atomic E-state index is -0.448. The highest BCUT2D eigenvalue weighted by molar-refractivity contribution is 5.93. The van der Waals surface area contributed by atoms with Crippen LogP contribution in [-0.4, -0.2) is 31.2 Å². The lowest BCUT2D eigenvalue weighted by Gasteiger charge is -2.20. The summed E-state index contributed by atoms with van der Waals surface area (Å²) in [6.45, 7) is 6.58. The van der Waals surface area contributed by atoms with E-state index in [4.69, 9.17) is 16.2 Å². The van der Waals surface area contributed by atoms with Crippen LogP contribution in [0.1, 0.15) is 46.8 Å². The maximum Gasteiger partial charge on any atom is 0.407 e. The molecule has 0 aliphatic rings. The first-order chi connectivity index (χ1) is 10.9. The average Bonchev–Trinajstić information content (AvgIpc) is 2.49. The van der Waals surface area contributed by atoms with E-state index in [9.17, 15) is 9.59 Å². The zero-order valence-corrected chi connectivity index (χ0v) is 14.1. The zero-order valence-electron chi connectivity index (χ0n) is 14.1. The number of carbonyl (C=O) groups excluding carboxylic acids is 2. The number of aryl methyl sites for hydroxylation is 2. The van der Waals surface area contributed by atoms with E-state index >= 15 is 0 Å². The Morgan fingerprint density at radius 3 is 2.35 bits per heavy atom. The molecule has 0 radical (unpaired) electrons. The quantitative estimate of drug-likeness (QED) is 0.634. The van der Waals surface area contributed by atoms with Crippen LogP contribution >= 0.6 is 0 Å². The molecule has 0 bridgehead atoms. The van der Waals surface area contributed by atoms with Crippen LogP contribution in [-0.2, 0) is 11.2 Å². The number of nitrogens with two attached hydrogens (primary N) is 2. The molecule has 128 valence electrons. The summed E-state index contributed by atoms with van der Waals surface area (Å²) in [7, 11) is 0. The molecule has 0 saturated heterocycles. The Hall–Kier alpha value is -2.08. The third-order valence-electron chi connectivity index (χ3n) is 3.77. The number of ether oxygens (including phenoxy) is 1. The molecule has 0 aliphatic heterocycles. The zero-order chi connectivity index (χ0) is 17.4. The molecule has 2 amide bonds. The van der Waals surface area contributed by atoms with Gasteiger partial charge in [0.2, 0.25) is 5.91 Å². The van der Waals surface area contributed by atoms with Gasteiger partial charge in [-0.2, -0.15) is 0 Å². The first-order valence-corrected chi connectivity index (χ1v) is 7.92. The molecule has 1 atom stereocenters. The number of primary amides is 1. The molecule has 23 heavy (non-hydrogen) atoms. The van der Waals surface area contributed by atoms with Gasteiger partial charge in [0.05, 0.1) is 6.61 Å². The Morgan fingerprint density at radius 2 is 1.87 bits per heavy atom. The molecule has 0 unspecified atom stereocenters. The van der Waals surface area contributed by atoms with E-state index < -0.39 is 12.0 Å². The van der Waals surface area contributed by atoms with Crippen molar-refractivity contribution in [2.24, 2.45) is 11.5 Å². The molecule has 6 nitrogen and oxygen atoms in total. The predicted molar refractivity (Wildman–Crippen MR) is 90.4 cm³/mol. The van der Waals surface area contributed by atoms with Crippen molar-refractivity contribution in [2.75, 3.05) is 13.2 Å². The van der Waals surface area contributed by atoms with Crippen molar-refractivity contribution in [2.45, 2.75) is 46.1 Å². The number of rotatable bonds is 8. The number of carbonyl (C=O) groups is 2. The van der Waals surface area contributed by atoms with Crippen LogP contribution < -0.4 is 16.8 Å². The first kappa shape index (κ1) is 19.0. The first-order valence-electron chi connectivity index (χ1n) is 7.92. The summed E-state index contributed by atoms with van der Waals surface area (Å²) in [5.74, 6) is -0.448. The Kier molecular flexibility index (Phi) is 7.54. The van der Waals surface area contributed by atoms with Gasteiger partial charge in [-0.25, -0.2) is 4.79 Å². The lowest BCUT2D eigenvalue weighted by atomic mass is 9.94. The predicted octanol–water partition coefficient (Wildman–Crippen LogP) is 1.80. The van der Waals surface area contributed by atoms with Gasteiger partial charge in [0, 0.05) is 18.2 Å². The summed E-state index contributed by atoms with van der Waals surface area (Å²) in [4.78, 5) is 23.0. The van der Waals surface area contributed by atoms with E-state index in [0.29, 0.717) is 25.1 Å². The number of unbranched alkanes of at least 4 members (excludes halogenated alkanes) is 1. The Morgan fingerprint density at radius 1 is 1.26 bits per heavy atom. The fourth-order valence-corrected chi connectivity index (χ4v) is 2.41. The van der Waals surface area contributed by atoms with E-state index in [2.05, 4.69) is 5.32 Å². The van der Waals surface area contributed by atoms with Crippen molar-refractivity contribution in [3.05, 3.63) is 34.4 Å². The largest absolute Gasteiger partial charge is 0.450 e. The number of nitrogens with one attached hydrogen (secondary N) is 1. The number of hydrogen-bond acceptors (Lipinski definition) is 4. The molecule has 5 N–H and O–H groups in total. The standard InChI is InChI=1S/C17H27N3O3/c1-4-5-6-23-17(22)20-14(10-18)9-15-11(2)7-13(16(19)21)8-12(15)3/h7-8,14H,4-6,9-10,18H2,1-3H3,(H2,19,21)(H,20,22)/t14-/m0/s1. The van der Waals surface area contributed by atoms with Gasteiger partial charge in [-0.3, -0.25) is 4.79 Å². The maximum absolute atomic E-state index is 11.7. The highest BCUT2D eigenvalue weighted by atomic mass is 16.5. The van der Waals surface area contributed by atoms with E-state index in [1.54, 1.807) is 12.1 Å². The Bertz CT molecular complexity index is 535. The number of alkyl carbamates (subject to hydrolysis) is 1. The fourth-order valence-electron chi connectivity index (χ4n) is 2.41. The van der Waals surface area contributed by atoms with Crippen molar-refractivity contribution in [1.29, 1.82) is 0 Å². The van der Waals surface area contributed by atoms with Crippen molar-refractivity contribution < 1.29 is 14.3 Å². The average molecular weight is 321 g/mol. The topological polar surface area (TPSA) is 107 Å². The van der Waals surface area contributed by atoms with Crippen LogP contribution in [0.15, 0.2) is 12.1 Å². The summed E-state index contributed by atoms with van der Waals surface area (Å²) in [6.07, 6.45) is 1.94. The highest BCUT2D eigenvalue weighted by Crippen LogP contribution is 2.18. The van der Waals surface area contributed by atoms with Crippen LogP contribution in [0.3, 0.4) is 0 Å². The van der Waals surface area contributed by atoms with Crippen molar-refractivity contribution in [3.63, 3.8) is 0 Å². The van der Waals surface area contributed by atoms with Gasteiger partial charge >= 0.3 is 6.09 Å². The molecule has 1 rings (SSSR count). The van der Waals surface area contributed by atoms with E-state index in [0.717, 1.165) is 29.5 Å². The normalized spacial score (nSPS) is 11.8. The van der Waals surface area contributed by atoms with Crippen molar-refractivity contribution in [1.82, 2.24) is 5.32 Å². The fraction of sp³-hybridized carbons (Fsp3) is 0.529. The minimum absolute atomic E-state index is 0.221. The molecule has 6 heteroatoms. The van der Waals surface area contributed by atoms with E-state index in [1.165, 1.54) is 0 Å². The van der Waals surface area contributed by atoms with Crippen molar-refractivity contribution in [3.8, 4) is 0 Å². The van der Waals surface area contributed by atoms with Crippen LogP contribution in [0, 0.1) is 13.8 Å². The molecule has 1 aromatic rings. The van der Waals surface area contributed by atoms with Gasteiger partial charge < -0.3 is 21.5 Å². The van der Waals surface area contributed by atoms with Gasteiger partial charge in [0.15, 0.2) is 0 Å². The van der Waals surface area contributed by atoms with Crippen LogP contribution in [0.4, 0.5) is 4.79 Å². The molecule has 1 aromatic carbocycles. The van der Waals surface area contributed by atoms with Gasteiger partial charge in [-0.05, 0) is 55.5 Å². The summed E-state index contributed by atoms with van der Waals surface area (Å²) in [6, 6.07) is 3.30. The highest BCUT2D eigenvalue weighted by Gasteiger charge is 2.16. The van der Waals surface area contributed by atoms with Crippen LogP contribution in [0.2, 0.25) is 0 Å². The third-order valence-corrected chi connectivity index (χ3v) is 3.77. The number of hydrogen-bond donors (Lipinski definition) is 3. The molecule has 0 saturated carbocycles. The second-order valence-electron chi connectivity index (χ2n) is 5.72. The summed E-state index contributed by atoms with van der Waals surface area (Å²) < 4.78 is 5.10. The molecule has 0 aliphatic carbocycles. The van der Waals surface area contributed by atoms with Gasteiger partial charge in [0.25, 0.3) is 0 Å². The Labute approximate surface area is 137 Å².